The van der Waals surface area contributed by atoms with E-state index in [9.17, 15) is 18.0 Å². The number of morpholine rings is 1. The summed E-state index contributed by atoms with van der Waals surface area (Å²) in [7, 11) is 0. The smallest absolute Gasteiger partial charge is 0.378 e. The molecule has 0 aliphatic carbocycles. The highest BCUT2D eigenvalue weighted by Gasteiger charge is 2.33. The van der Waals surface area contributed by atoms with E-state index >= 15 is 0 Å². The van der Waals surface area contributed by atoms with E-state index in [4.69, 9.17) is 4.74 Å². The van der Waals surface area contributed by atoms with E-state index in [1.807, 2.05) is 20.8 Å². The van der Waals surface area contributed by atoms with Gasteiger partial charge in [0.15, 0.2) is 5.16 Å². The summed E-state index contributed by atoms with van der Waals surface area (Å²) in [5.74, 6) is 0.163. The van der Waals surface area contributed by atoms with Crippen molar-refractivity contribution in [3.8, 4) is 0 Å². The van der Waals surface area contributed by atoms with Gasteiger partial charge >= 0.3 is 6.18 Å². The molecule has 1 unspecified atom stereocenters. The number of ether oxygens (including phenoxy) is 1. The molecule has 11 heteroatoms. The average molecular weight is 395 g/mol. The van der Waals surface area contributed by atoms with Gasteiger partial charge in [-0.3, -0.25) is 9.36 Å². The summed E-state index contributed by atoms with van der Waals surface area (Å²) in [6.45, 7) is 6.40. The number of rotatable bonds is 7. The molecule has 0 aromatic carbocycles. The number of halogens is 3. The Morgan fingerprint density at radius 3 is 2.50 bits per heavy atom. The number of aromatic nitrogens is 3. The first-order valence-electron chi connectivity index (χ1n) is 8.42. The van der Waals surface area contributed by atoms with E-state index < -0.39 is 12.7 Å². The minimum Gasteiger partial charge on any atom is -0.378 e. The number of carbonyl (C=O) groups is 1. The Hall–Kier alpha value is -1.49. The predicted octanol–water partition coefficient (Wildman–Crippen LogP) is 1.93. The molecular weight excluding hydrogens is 371 g/mol. The second-order valence-electron chi connectivity index (χ2n) is 6.47. The first-order chi connectivity index (χ1) is 12.2. The second kappa shape index (κ2) is 8.94. The van der Waals surface area contributed by atoms with E-state index in [1.54, 1.807) is 4.90 Å². The molecule has 1 aromatic heterocycles. The highest BCUT2D eigenvalue weighted by atomic mass is 32.2. The molecule has 0 radical (unpaired) electrons. The zero-order chi connectivity index (χ0) is 19.3. The van der Waals surface area contributed by atoms with Gasteiger partial charge in [0.05, 0.1) is 19.0 Å². The van der Waals surface area contributed by atoms with Crippen LogP contribution in [0.1, 0.15) is 20.8 Å². The lowest BCUT2D eigenvalue weighted by atomic mass is 10.1. The van der Waals surface area contributed by atoms with Gasteiger partial charge in [0.25, 0.3) is 0 Å². The largest absolute Gasteiger partial charge is 0.406 e. The van der Waals surface area contributed by atoms with Crippen molar-refractivity contribution in [1.29, 1.82) is 0 Å². The lowest BCUT2D eigenvalue weighted by Crippen LogP contribution is -2.38. The van der Waals surface area contributed by atoms with Gasteiger partial charge in [-0.2, -0.15) is 13.2 Å². The molecule has 2 heterocycles. The number of nitrogens with zero attached hydrogens (tertiary/aromatic N) is 4. The number of amides is 1. The van der Waals surface area contributed by atoms with Crippen LogP contribution in [-0.4, -0.2) is 64.9 Å². The number of thioether (sulfide) groups is 1. The van der Waals surface area contributed by atoms with E-state index in [0.29, 0.717) is 26.3 Å². The van der Waals surface area contributed by atoms with E-state index in [-0.39, 0.29) is 34.7 Å². The molecule has 7 nitrogen and oxygen atoms in total. The molecule has 26 heavy (non-hydrogen) atoms. The Morgan fingerprint density at radius 1 is 1.27 bits per heavy atom. The normalized spacial score (nSPS) is 16.8. The fraction of sp³-hybridized carbons (Fsp3) is 0.800. The molecule has 0 saturated carbocycles. The zero-order valence-electron chi connectivity index (χ0n) is 15.0. The third-order valence-corrected chi connectivity index (χ3v) is 5.02. The van der Waals surface area contributed by atoms with Gasteiger partial charge in [-0.05, 0) is 12.8 Å². The van der Waals surface area contributed by atoms with Crippen LogP contribution in [0.3, 0.4) is 0 Å². The van der Waals surface area contributed by atoms with Crippen molar-refractivity contribution >= 4 is 23.6 Å². The summed E-state index contributed by atoms with van der Waals surface area (Å²) >= 11 is 0.954. The molecule has 1 atom stereocenters. The van der Waals surface area contributed by atoms with Crippen LogP contribution in [0.2, 0.25) is 0 Å². The molecule has 148 valence electrons. The number of nitrogens with one attached hydrogen (secondary N) is 1. The molecule has 0 bridgehead atoms. The fourth-order valence-electron chi connectivity index (χ4n) is 2.30. The van der Waals surface area contributed by atoms with Gasteiger partial charge in [-0.15, -0.1) is 10.2 Å². The lowest BCUT2D eigenvalue weighted by Gasteiger charge is -2.28. The van der Waals surface area contributed by atoms with E-state index in [1.165, 1.54) is 0 Å². The van der Waals surface area contributed by atoms with Crippen molar-refractivity contribution in [2.75, 3.05) is 37.0 Å². The maximum atomic E-state index is 13.0. The van der Waals surface area contributed by atoms with Crippen molar-refractivity contribution in [1.82, 2.24) is 20.1 Å². The quantitative estimate of drug-likeness (QED) is 0.712. The van der Waals surface area contributed by atoms with Gasteiger partial charge in [-0.25, -0.2) is 0 Å². The maximum absolute atomic E-state index is 13.0. The molecule has 1 aliphatic heterocycles. The number of hydrogen-bond donors (Lipinski definition) is 1. The van der Waals surface area contributed by atoms with E-state index in [0.717, 1.165) is 16.3 Å². The minimum absolute atomic E-state index is 0.0138. The van der Waals surface area contributed by atoms with Crippen molar-refractivity contribution in [3.63, 3.8) is 0 Å². The fourth-order valence-corrected chi connectivity index (χ4v) is 3.04. The Labute approximate surface area is 154 Å². The highest BCUT2D eigenvalue weighted by Crippen LogP contribution is 2.27. The highest BCUT2D eigenvalue weighted by molar-refractivity contribution is 7.99. The number of carbonyl (C=O) groups excluding carboxylic acids is 1. The standard InChI is InChI=1S/C15H24F3N5O2S/c1-10(2)11(3)19-12(24)8-26-14-21-20-13(22-4-6-25-7-5-22)23(14)9-15(16,17)18/h10-11H,4-9H2,1-3H3,(H,19,24). The van der Waals surface area contributed by atoms with Gasteiger partial charge in [0.1, 0.15) is 6.54 Å². The van der Waals surface area contributed by atoms with Crippen LogP contribution in [0.25, 0.3) is 0 Å². The summed E-state index contributed by atoms with van der Waals surface area (Å²) in [5.41, 5.74) is 0. The number of anilines is 1. The van der Waals surface area contributed by atoms with Crippen LogP contribution >= 0.6 is 11.8 Å². The van der Waals surface area contributed by atoms with Gasteiger partial charge in [0, 0.05) is 19.1 Å². The average Bonchev–Trinajstić information content (AvgIpc) is 2.94. The zero-order valence-corrected chi connectivity index (χ0v) is 15.9. The van der Waals surface area contributed by atoms with Gasteiger partial charge < -0.3 is 15.0 Å². The molecule has 1 aliphatic rings. The molecule has 1 saturated heterocycles. The summed E-state index contributed by atoms with van der Waals surface area (Å²) in [4.78, 5) is 13.7. The number of alkyl halides is 3. The first-order valence-corrected chi connectivity index (χ1v) is 9.40. The third kappa shape index (κ3) is 6.04. The Kier molecular flexibility index (Phi) is 7.16. The molecule has 1 N–H and O–H groups in total. The third-order valence-electron chi connectivity index (χ3n) is 4.05. The maximum Gasteiger partial charge on any atom is 0.406 e. The van der Waals surface area contributed by atoms with E-state index in [2.05, 4.69) is 15.5 Å². The monoisotopic (exact) mass is 395 g/mol. The molecule has 0 spiro atoms. The first kappa shape index (κ1) is 20.8. The summed E-state index contributed by atoms with van der Waals surface area (Å²) in [5, 5.41) is 10.7. The topological polar surface area (TPSA) is 72.3 Å². The molecule has 1 aromatic rings. The molecule has 2 rings (SSSR count). The van der Waals surface area contributed by atoms with Gasteiger partial charge in [-0.1, -0.05) is 25.6 Å². The van der Waals surface area contributed by atoms with Crippen molar-refractivity contribution in [3.05, 3.63) is 0 Å². The van der Waals surface area contributed by atoms with Crippen LogP contribution in [0.4, 0.5) is 19.1 Å². The Balaban J connectivity index is 2.09. The predicted molar refractivity (Wildman–Crippen MR) is 92.3 cm³/mol. The van der Waals surface area contributed by atoms with Crippen LogP contribution in [0.15, 0.2) is 5.16 Å². The van der Waals surface area contributed by atoms with Crippen LogP contribution in [-0.2, 0) is 16.1 Å². The van der Waals surface area contributed by atoms with Crippen LogP contribution < -0.4 is 10.2 Å². The van der Waals surface area contributed by atoms with Crippen molar-refractivity contribution in [2.24, 2.45) is 5.92 Å². The SMILES string of the molecule is CC(C)C(C)NC(=O)CSc1nnc(N2CCOCC2)n1CC(F)(F)F. The molecular formula is C15H24F3N5O2S. The van der Waals surface area contributed by atoms with Crippen molar-refractivity contribution in [2.45, 2.75) is 44.7 Å². The summed E-state index contributed by atoms with van der Waals surface area (Å²) in [6, 6.07) is -0.0138. The van der Waals surface area contributed by atoms with Crippen molar-refractivity contribution < 1.29 is 22.7 Å². The second-order valence-corrected chi connectivity index (χ2v) is 7.41. The van der Waals surface area contributed by atoms with Crippen LogP contribution in [0.5, 0.6) is 0 Å². The molecule has 1 fully saturated rings. The summed E-state index contributed by atoms with van der Waals surface area (Å²) < 4.78 is 45.2. The van der Waals surface area contributed by atoms with Gasteiger partial charge in [0.2, 0.25) is 11.9 Å². The Bertz CT molecular complexity index is 603. The Morgan fingerprint density at radius 2 is 1.92 bits per heavy atom. The molecule has 1 amide bonds. The lowest BCUT2D eigenvalue weighted by molar-refractivity contribution is -0.141. The van der Waals surface area contributed by atoms with Crippen LogP contribution in [0, 0.1) is 5.92 Å². The number of hydrogen-bond acceptors (Lipinski definition) is 6. The summed E-state index contributed by atoms with van der Waals surface area (Å²) in [6.07, 6.45) is -4.41. The minimum atomic E-state index is -4.41.